The van der Waals surface area contributed by atoms with E-state index < -0.39 is 12.7 Å². The summed E-state index contributed by atoms with van der Waals surface area (Å²) in [6, 6.07) is 4.27. The van der Waals surface area contributed by atoms with Crippen molar-refractivity contribution in [2.24, 2.45) is 7.05 Å². The van der Waals surface area contributed by atoms with Gasteiger partial charge in [-0.1, -0.05) is 11.3 Å². The third kappa shape index (κ3) is 3.46. The molecule has 1 unspecified atom stereocenters. The van der Waals surface area contributed by atoms with Gasteiger partial charge in [0, 0.05) is 7.05 Å². The van der Waals surface area contributed by atoms with Gasteiger partial charge in [0.15, 0.2) is 11.5 Å². The molecule has 0 saturated carbocycles. The fourth-order valence-corrected chi connectivity index (χ4v) is 1.87. The third-order valence-corrected chi connectivity index (χ3v) is 2.83. The van der Waals surface area contributed by atoms with Gasteiger partial charge in [-0.3, -0.25) is 0 Å². The van der Waals surface area contributed by atoms with E-state index >= 15 is 0 Å². The first kappa shape index (κ1) is 15.2. The number of alkyl halides is 2. The Kier molecular flexibility index (Phi) is 4.69. The van der Waals surface area contributed by atoms with E-state index in [1.807, 2.05) is 0 Å². The van der Waals surface area contributed by atoms with Crippen LogP contribution in [0.15, 0.2) is 24.4 Å². The van der Waals surface area contributed by atoms with Gasteiger partial charge in [0.05, 0.1) is 18.5 Å². The molecule has 0 radical (unpaired) electrons. The minimum absolute atomic E-state index is 0.0778. The van der Waals surface area contributed by atoms with Crippen LogP contribution in [-0.2, 0) is 7.05 Å². The lowest BCUT2D eigenvalue weighted by Crippen LogP contribution is -2.08. The van der Waals surface area contributed by atoms with Crippen LogP contribution >= 0.6 is 0 Å². The second-order valence-corrected chi connectivity index (χ2v) is 4.20. The second-order valence-electron chi connectivity index (χ2n) is 4.20. The first-order valence-electron chi connectivity index (χ1n) is 6.27. The summed E-state index contributed by atoms with van der Waals surface area (Å²) in [6.45, 7) is -0.937. The van der Waals surface area contributed by atoms with Crippen LogP contribution in [0.25, 0.3) is 0 Å². The van der Waals surface area contributed by atoms with Crippen LogP contribution in [0.2, 0.25) is 0 Å². The largest absolute Gasteiger partial charge is 0.490 e. The molecule has 0 aliphatic heterocycles. The van der Waals surface area contributed by atoms with Crippen molar-refractivity contribution in [1.82, 2.24) is 15.0 Å². The summed E-state index contributed by atoms with van der Waals surface area (Å²) >= 11 is 0. The van der Waals surface area contributed by atoms with Gasteiger partial charge >= 0.3 is 6.61 Å². The Morgan fingerprint density at radius 2 is 2.10 bits per heavy atom. The molecule has 0 fully saturated rings. The number of aliphatic hydroxyl groups excluding tert-OH is 1. The first-order chi connectivity index (χ1) is 10.0. The maximum absolute atomic E-state index is 12.3. The van der Waals surface area contributed by atoms with E-state index in [2.05, 4.69) is 15.0 Å². The number of hydrogen-bond acceptors (Lipinski definition) is 5. The Labute approximate surface area is 119 Å². The zero-order chi connectivity index (χ0) is 15.4. The highest BCUT2D eigenvalue weighted by Gasteiger charge is 2.18. The quantitative estimate of drug-likeness (QED) is 0.882. The summed E-state index contributed by atoms with van der Waals surface area (Å²) in [6.07, 6.45) is 0.430. The normalized spacial score (nSPS) is 12.5. The number of ether oxygens (including phenoxy) is 2. The van der Waals surface area contributed by atoms with Gasteiger partial charge in [0.1, 0.15) is 6.10 Å². The average molecular weight is 299 g/mol. The van der Waals surface area contributed by atoms with Gasteiger partial charge in [-0.15, -0.1) is 5.10 Å². The Morgan fingerprint density at radius 3 is 2.67 bits per heavy atom. The smallest absolute Gasteiger partial charge is 0.387 e. The van der Waals surface area contributed by atoms with Crippen molar-refractivity contribution in [3.05, 3.63) is 35.7 Å². The highest BCUT2D eigenvalue weighted by atomic mass is 19.3. The highest BCUT2D eigenvalue weighted by molar-refractivity contribution is 5.44. The third-order valence-electron chi connectivity index (χ3n) is 2.83. The number of aryl methyl sites for hydroxylation is 1. The van der Waals surface area contributed by atoms with Gasteiger partial charge in [-0.2, -0.15) is 8.78 Å². The molecule has 1 atom stereocenters. The number of benzene rings is 1. The minimum Gasteiger partial charge on any atom is -0.490 e. The molecule has 1 aromatic carbocycles. The lowest BCUT2D eigenvalue weighted by Gasteiger charge is -2.15. The van der Waals surface area contributed by atoms with Crippen molar-refractivity contribution >= 4 is 0 Å². The molecule has 1 aromatic heterocycles. The van der Waals surface area contributed by atoms with Crippen molar-refractivity contribution in [3.8, 4) is 11.5 Å². The van der Waals surface area contributed by atoms with Crippen LogP contribution in [0.4, 0.5) is 8.78 Å². The fourth-order valence-electron chi connectivity index (χ4n) is 1.87. The molecule has 0 spiro atoms. The van der Waals surface area contributed by atoms with E-state index in [1.54, 1.807) is 14.0 Å². The molecule has 1 heterocycles. The number of halogens is 2. The van der Waals surface area contributed by atoms with Crippen molar-refractivity contribution < 1.29 is 23.4 Å². The lowest BCUT2D eigenvalue weighted by atomic mass is 10.1. The maximum Gasteiger partial charge on any atom is 0.387 e. The van der Waals surface area contributed by atoms with Crippen LogP contribution in [-0.4, -0.2) is 33.3 Å². The molecule has 6 nitrogen and oxygen atoms in total. The first-order valence-corrected chi connectivity index (χ1v) is 6.27. The lowest BCUT2D eigenvalue weighted by molar-refractivity contribution is -0.0514. The minimum atomic E-state index is -2.94. The van der Waals surface area contributed by atoms with E-state index in [9.17, 15) is 13.9 Å². The molecule has 114 valence electrons. The molecule has 0 aliphatic rings. The van der Waals surface area contributed by atoms with Gasteiger partial charge in [0.2, 0.25) is 0 Å². The SMILES string of the molecule is CCOc1cc(C(O)c2cnnn2C)ccc1OC(F)F. The van der Waals surface area contributed by atoms with Crippen molar-refractivity contribution in [2.45, 2.75) is 19.6 Å². The molecule has 0 amide bonds. The molecule has 21 heavy (non-hydrogen) atoms. The van der Waals surface area contributed by atoms with E-state index in [1.165, 1.54) is 29.1 Å². The van der Waals surface area contributed by atoms with Crippen LogP contribution in [0.1, 0.15) is 24.3 Å². The summed E-state index contributed by atoms with van der Waals surface area (Å²) in [5, 5.41) is 17.7. The molecular formula is C13H15F2N3O3. The fraction of sp³-hybridized carbons (Fsp3) is 0.385. The summed E-state index contributed by atoms with van der Waals surface area (Å²) in [5.41, 5.74) is 0.936. The Bertz CT molecular complexity index is 604. The molecule has 0 aliphatic carbocycles. The topological polar surface area (TPSA) is 69.4 Å². The van der Waals surface area contributed by atoms with Crippen molar-refractivity contribution in [2.75, 3.05) is 6.61 Å². The molecule has 0 saturated heterocycles. The zero-order valence-corrected chi connectivity index (χ0v) is 11.5. The summed E-state index contributed by atoms with van der Waals surface area (Å²) in [5.74, 6) is 0.0652. The van der Waals surface area contributed by atoms with Gasteiger partial charge in [-0.25, -0.2) is 4.68 Å². The summed E-state index contributed by atoms with van der Waals surface area (Å²) in [7, 11) is 1.64. The Hall–Kier alpha value is -2.22. The number of nitrogens with zero attached hydrogens (tertiary/aromatic N) is 3. The van der Waals surface area contributed by atoms with E-state index in [0.717, 1.165) is 0 Å². The van der Waals surface area contributed by atoms with Crippen molar-refractivity contribution in [1.29, 1.82) is 0 Å². The van der Waals surface area contributed by atoms with Crippen LogP contribution in [0, 0.1) is 0 Å². The van der Waals surface area contributed by atoms with Gasteiger partial charge in [0.25, 0.3) is 0 Å². The van der Waals surface area contributed by atoms with E-state index in [0.29, 0.717) is 11.3 Å². The standard InChI is InChI=1S/C13H15F2N3O3/c1-3-20-11-6-8(4-5-10(11)21-13(14)15)12(19)9-7-16-17-18(9)2/h4-7,12-13,19H,3H2,1-2H3. The summed E-state index contributed by atoms with van der Waals surface area (Å²) < 4.78 is 35.7. The van der Waals surface area contributed by atoms with Crippen molar-refractivity contribution in [3.63, 3.8) is 0 Å². The zero-order valence-electron chi connectivity index (χ0n) is 11.5. The average Bonchev–Trinajstić information content (AvgIpc) is 2.86. The summed E-state index contributed by atoms with van der Waals surface area (Å²) in [4.78, 5) is 0. The van der Waals surface area contributed by atoms with E-state index in [-0.39, 0.29) is 18.1 Å². The monoisotopic (exact) mass is 299 g/mol. The second kappa shape index (κ2) is 6.49. The molecule has 1 N–H and O–H groups in total. The number of rotatable bonds is 6. The van der Waals surface area contributed by atoms with Gasteiger partial charge < -0.3 is 14.6 Å². The van der Waals surface area contributed by atoms with E-state index in [4.69, 9.17) is 4.74 Å². The molecule has 0 bridgehead atoms. The molecule has 8 heteroatoms. The molecular weight excluding hydrogens is 284 g/mol. The predicted octanol–water partition coefficient (Wildman–Crippen LogP) is 1.90. The number of aromatic nitrogens is 3. The predicted molar refractivity (Wildman–Crippen MR) is 69.3 cm³/mol. The molecule has 2 rings (SSSR count). The number of hydrogen-bond donors (Lipinski definition) is 1. The molecule has 2 aromatic rings. The Balaban J connectivity index is 2.33. The van der Waals surface area contributed by atoms with Crippen LogP contribution < -0.4 is 9.47 Å². The van der Waals surface area contributed by atoms with Gasteiger partial charge in [-0.05, 0) is 24.6 Å². The highest BCUT2D eigenvalue weighted by Crippen LogP contribution is 2.33. The van der Waals surface area contributed by atoms with Crippen LogP contribution in [0.5, 0.6) is 11.5 Å². The Morgan fingerprint density at radius 1 is 1.33 bits per heavy atom. The van der Waals surface area contributed by atoms with Crippen LogP contribution in [0.3, 0.4) is 0 Å². The number of aliphatic hydroxyl groups is 1. The maximum atomic E-state index is 12.3.